The summed E-state index contributed by atoms with van der Waals surface area (Å²) < 4.78 is 30.8. The Morgan fingerprint density at radius 3 is 2.86 bits per heavy atom. The summed E-state index contributed by atoms with van der Waals surface area (Å²) in [6.45, 7) is 0.592. The van der Waals surface area contributed by atoms with E-state index < -0.39 is 9.84 Å². The Hall–Kier alpha value is -1.41. The van der Waals surface area contributed by atoms with Crippen molar-refractivity contribution in [1.82, 2.24) is 14.7 Å². The predicted molar refractivity (Wildman–Crippen MR) is 79.7 cm³/mol. The fourth-order valence-electron chi connectivity index (χ4n) is 2.89. The number of hydrogen-bond donors (Lipinski definition) is 0. The maximum Gasteiger partial charge on any atom is 0.248 e. The fraction of sp³-hybridized carbons (Fsp3) is 0.714. The minimum Gasteiger partial charge on any atom is -0.365 e. The van der Waals surface area contributed by atoms with E-state index in [0.717, 1.165) is 18.5 Å². The maximum absolute atomic E-state index is 12.3. The summed E-state index contributed by atoms with van der Waals surface area (Å²) in [6.07, 6.45) is 3.71. The van der Waals surface area contributed by atoms with Gasteiger partial charge < -0.3 is 9.64 Å². The van der Waals surface area contributed by atoms with Gasteiger partial charge in [-0.1, -0.05) is 0 Å². The fourth-order valence-corrected chi connectivity index (χ4v) is 4.50. The first kappa shape index (κ1) is 15.5. The van der Waals surface area contributed by atoms with Crippen LogP contribution in [0, 0.1) is 5.92 Å². The van der Waals surface area contributed by atoms with Crippen LogP contribution in [0.25, 0.3) is 0 Å². The topological polar surface area (TPSA) is 81.5 Å². The number of aryl methyl sites for hydroxylation is 1. The van der Waals surface area contributed by atoms with Crippen LogP contribution in [0.2, 0.25) is 0 Å². The average Bonchev–Trinajstić information content (AvgIpc) is 3.22. The molecule has 1 aliphatic carbocycles. The molecule has 2 aliphatic rings. The first-order chi connectivity index (χ1) is 10.5. The highest BCUT2D eigenvalue weighted by atomic mass is 32.2. The molecule has 2 heterocycles. The van der Waals surface area contributed by atoms with Crippen molar-refractivity contribution in [3.05, 3.63) is 18.0 Å². The van der Waals surface area contributed by atoms with Gasteiger partial charge in [0.15, 0.2) is 9.84 Å². The van der Waals surface area contributed by atoms with Crippen LogP contribution in [0.5, 0.6) is 0 Å². The van der Waals surface area contributed by atoms with Gasteiger partial charge in [-0.25, -0.2) is 8.42 Å². The van der Waals surface area contributed by atoms with Gasteiger partial charge in [-0.2, -0.15) is 5.10 Å². The number of rotatable bonds is 5. The van der Waals surface area contributed by atoms with Gasteiger partial charge in [-0.3, -0.25) is 9.48 Å². The van der Waals surface area contributed by atoms with Gasteiger partial charge in [0.05, 0.1) is 23.8 Å². The molecule has 0 aromatic carbocycles. The van der Waals surface area contributed by atoms with E-state index in [2.05, 4.69) is 5.10 Å². The molecule has 8 heteroatoms. The summed E-state index contributed by atoms with van der Waals surface area (Å²) in [7, 11) is -1.19. The molecule has 1 unspecified atom stereocenters. The second-order valence-corrected chi connectivity index (χ2v) is 8.27. The molecule has 1 saturated heterocycles. The number of sulfone groups is 1. The van der Waals surface area contributed by atoms with Crippen LogP contribution in [0.15, 0.2) is 12.3 Å². The Labute approximate surface area is 130 Å². The van der Waals surface area contributed by atoms with Crippen LogP contribution in [0.1, 0.15) is 18.5 Å². The Balaban J connectivity index is 1.55. The zero-order valence-corrected chi connectivity index (χ0v) is 13.5. The quantitative estimate of drug-likeness (QED) is 0.759. The third kappa shape index (κ3) is 3.49. The first-order valence-corrected chi connectivity index (χ1v) is 9.33. The molecule has 1 saturated carbocycles. The molecule has 22 heavy (non-hydrogen) atoms. The van der Waals surface area contributed by atoms with Crippen molar-refractivity contribution in [2.75, 3.05) is 24.7 Å². The lowest BCUT2D eigenvalue weighted by atomic mass is 10.1. The van der Waals surface area contributed by atoms with Gasteiger partial charge >= 0.3 is 0 Å². The van der Waals surface area contributed by atoms with E-state index >= 15 is 0 Å². The molecule has 1 aromatic heterocycles. The second-order valence-electron chi connectivity index (χ2n) is 6.05. The summed E-state index contributed by atoms with van der Waals surface area (Å²) in [6, 6.07) is 1.68. The number of nitrogens with zero attached hydrogens (tertiary/aromatic N) is 3. The lowest BCUT2D eigenvalue weighted by Crippen LogP contribution is -2.53. The molecule has 0 bridgehead atoms. The zero-order valence-electron chi connectivity index (χ0n) is 12.6. The summed E-state index contributed by atoms with van der Waals surface area (Å²) in [4.78, 5) is 14.1. The number of aromatic nitrogens is 2. The number of carbonyl (C=O) groups excluding carboxylic acids is 1. The SMILES string of the molecule is Cn1nccc1COCC(=O)N1CCS(=O)(=O)CC1C1CC1. The number of carbonyl (C=O) groups is 1. The summed E-state index contributed by atoms with van der Waals surface area (Å²) in [5, 5.41) is 4.04. The molecule has 2 fully saturated rings. The van der Waals surface area contributed by atoms with Gasteiger partial charge in [-0.05, 0) is 24.8 Å². The van der Waals surface area contributed by atoms with Crippen molar-refractivity contribution in [1.29, 1.82) is 0 Å². The standard InChI is InChI=1S/C14H21N3O4S/c1-16-12(4-5-15-16)8-21-9-14(18)17-6-7-22(19,20)10-13(17)11-2-3-11/h4-5,11,13H,2-3,6-10H2,1H3. The molecule has 1 amide bonds. The summed E-state index contributed by atoms with van der Waals surface area (Å²) in [5.41, 5.74) is 0.896. The van der Waals surface area contributed by atoms with Crippen LogP contribution in [0.4, 0.5) is 0 Å². The predicted octanol–water partition coefficient (Wildman–Crippen LogP) is -0.0277. The normalized spacial score (nSPS) is 24.4. The number of amides is 1. The Morgan fingerprint density at radius 2 is 2.23 bits per heavy atom. The maximum atomic E-state index is 12.3. The van der Waals surface area contributed by atoms with Gasteiger partial charge in [0.25, 0.3) is 0 Å². The summed E-state index contributed by atoms with van der Waals surface area (Å²) >= 11 is 0. The molecule has 3 rings (SSSR count). The molecule has 122 valence electrons. The highest BCUT2D eigenvalue weighted by Gasteiger charge is 2.42. The Morgan fingerprint density at radius 1 is 1.45 bits per heavy atom. The van der Waals surface area contributed by atoms with Crippen LogP contribution >= 0.6 is 0 Å². The van der Waals surface area contributed by atoms with Crippen molar-refractivity contribution in [2.24, 2.45) is 13.0 Å². The molecule has 1 aliphatic heterocycles. The Bertz CT molecular complexity index is 651. The lowest BCUT2D eigenvalue weighted by Gasteiger charge is -2.35. The van der Waals surface area contributed by atoms with Crippen LogP contribution in [-0.4, -0.2) is 59.7 Å². The van der Waals surface area contributed by atoms with E-state index in [1.165, 1.54) is 0 Å². The van der Waals surface area contributed by atoms with Crippen LogP contribution in [-0.2, 0) is 33.0 Å². The smallest absolute Gasteiger partial charge is 0.248 e. The van der Waals surface area contributed by atoms with E-state index in [9.17, 15) is 13.2 Å². The summed E-state index contributed by atoms with van der Waals surface area (Å²) in [5.74, 6) is 0.388. The molecular weight excluding hydrogens is 306 g/mol. The molecule has 1 aromatic rings. The molecule has 0 spiro atoms. The zero-order chi connectivity index (χ0) is 15.7. The van der Waals surface area contributed by atoms with E-state index in [1.54, 1.807) is 15.8 Å². The molecule has 0 radical (unpaired) electrons. The first-order valence-electron chi connectivity index (χ1n) is 7.51. The molecule has 0 N–H and O–H groups in total. The van der Waals surface area contributed by atoms with E-state index in [4.69, 9.17) is 4.74 Å². The minimum atomic E-state index is -3.01. The number of hydrogen-bond acceptors (Lipinski definition) is 5. The number of ether oxygens (including phenoxy) is 1. The third-order valence-corrected chi connectivity index (χ3v) is 6.01. The molecular formula is C14H21N3O4S. The third-order valence-electron chi connectivity index (χ3n) is 4.35. The van der Waals surface area contributed by atoms with Crippen LogP contribution < -0.4 is 0 Å². The van der Waals surface area contributed by atoms with Crippen molar-refractivity contribution < 1.29 is 17.9 Å². The largest absolute Gasteiger partial charge is 0.365 e. The van der Waals surface area contributed by atoms with Crippen LogP contribution in [0.3, 0.4) is 0 Å². The Kier molecular flexibility index (Phi) is 4.22. The second kappa shape index (κ2) is 6.00. The van der Waals surface area contributed by atoms with Gasteiger partial charge in [-0.15, -0.1) is 0 Å². The van der Waals surface area contributed by atoms with Crippen molar-refractivity contribution in [3.63, 3.8) is 0 Å². The molecule has 7 nitrogen and oxygen atoms in total. The lowest BCUT2D eigenvalue weighted by molar-refractivity contribution is -0.139. The van der Waals surface area contributed by atoms with E-state index in [0.29, 0.717) is 12.5 Å². The van der Waals surface area contributed by atoms with Crippen molar-refractivity contribution in [3.8, 4) is 0 Å². The van der Waals surface area contributed by atoms with Gasteiger partial charge in [0.2, 0.25) is 5.91 Å². The highest BCUT2D eigenvalue weighted by molar-refractivity contribution is 7.91. The minimum absolute atomic E-state index is 0.0194. The van der Waals surface area contributed by atoms with Gasteiger partial charge in [0.1, 0.15) is 6.61 Å². The van der Waals surface area contributed by atoms with E-state index in [-0.39, 0.29) is 36.6 Å². The monoisotopic (exact) mass is 327 g/mol. The van der Waals surface area contributed by atoms with E-state index in [1.807, 2.05) is 13.1 Å². The van der Waals surface area contributed by atoms with Crippen molar-refractivity contribution >= 4 is 15.7 Å². The molecule has 1 atom stereocenters. The highest BCUT2D eigenvalue weighted by Crippen LogP contribution is 2.37. The van der Waals surface area contributed by atoms with Gasteiger partial charge in [0, 0.05) is 25.8 Å². The van der Waals surface area contributed by atoms with Crippen molar-refractivity contribution in [2.45, 2.75) is 25.5 Å². The average molecular weight is 327 g/mol.